The molecule has 1 saturated heterocycles. The summed E-state index contributed by atoms with van der Waals surface area (Å²) in [6.07, 6.45) is 5.30. The highest BCUT2D eigenvalue weighted by Gasteiger charge is 2.21. The van der Waals surface area contributed by atoms with Gasteiger partial charge in [-0.3, -0.25) is 0 Å². The van der Waals surface area contributed by atoms with Gasteiger partial charge in [-0.05, 0) is 49.4 Å². The standard InChI is InChI=1S/C21H33N3O3/c1-16-5-3-4-6-20(16)27-12-9-22-21(25)23-19-8-7-18(15-17(19)2)24-10-13-26-14-11-24/h7-8,15-16,20H,3-6,9-14H2,1-2H3,(H2,22,23,25)/t16-,20-/m1/s1. The lowest BCUT2D eigenvalue weighted by Gasteiger charge is -2.29. The molecule has 6 nitrogen and oxygen atoms in total. The molecule has 2 amide bonds. The highest BCUT2D eigenvalue weighted by atomic mass is 16.5. The maximum atomic E-state index is 12.2. The minimum atomic E-state index is -0.183. The molecule has 1 aliphatic carbocycles. The number of nitrogens with one attached hydrogen (secondary N) is 2. The number of rotatable bonds is 6. The molecule has 1 aliphatic heterocycles. The quantitative estimate of drug-likeness (QED) is 0.747. The molecule has 27 heavy (non-hydrogen) atoms. The molecule has 2 N–H and O–H groups in total. The van der Waals surface area contributed by atoms with Crippen LogP contribution in [0.1, 0.15) is 38.2 Å². The topological polar surface area (TPSA) is 62.8 Å². The third kappa shape index (κ3) is 5.84. The number of hydrogen-bond donors (Lipinski definition) is 2. The van der Waals surface area contributed by atoms with Gasteiger partial charge in [0.05, 0.1) is 25.9 Å². The van der Waals surface area contributed by atoms with Crippen LogP contribution in [0.3, 0.4) is 0 Å². The van der Waals surface area contributed by atoms with E-state index in [1.165, 1.54) is 24.9 Å². The van der Waals surface area contributed by atoms with E-state index in [0.29, 0.717) is 25.2 Å². The van der Waals surface area contributed by atoms with E-state index < -0.39 is 0 Å². The summed E-state index contributed by atoms with van der Waals surface area (Å²) in [6.45, 7) is 8.72. The molecule has 2 aliphatic rings. The van der Waals surface area contributed by atoms with Crippen LogP contribution in [0.5, 0.6) is 0 Å². The van der Waals surface area contributed by atoms with Crippen LogP contribution in [-0.4, -0.2) is 51.6 Å². The Morgan fingerprint density at radius 3 is 2.78 bits per heavy atom. The average molecular weight is 376 g/mol. The zero-order valence-corrected chi connectivity index (χ0v) is 16.6. The highest BCUT2D eigenvalue weighted by molar-refractivity contribution is 5.90. The predicted octanol–water partition coefficient (Wildman–Crippen LogP) is 3.55. The van der Waals surface area contributed by atoms with Crippen molar-refractivity contribution in [3.05, 3.63) is 23.8 Å². The van der Waals surface area contributed by atoms with Gasteiger partial charge in [-0.15, -0.1) is 0 Å². The van der Waals surface area contributed by atoms with Gasteiger partial charge < -0.3 is 25.0 Å². The Hall–Kier alpha value is -1.79. The second-order valence-electron chi connectivity index (χ2n) is 7.65. The molecule has 0 bridgehead atoms. The summed E-state index contributed by atoms with van der Waals surface area (Å²) in [7, 11) is 0. The van der Waals surface area contributed by atoms with Crippen LogP contribution < -0.4 is 15.5 Å². The third-order valence-electron chi connectivity index (χ3n) is 5.59. The van der Waals surface area contributed by atoms with Crippen molar-refractivity contribution in [2.45, 2.75) is 45.6 Å². The lowest BCUT2D eigenvalue weighted by Crippen LogP contribution is -2.36. The van der Waals surface area contributed by atoms with Crippen LogP contribution in [0, 0.1) is 12.8 Å². The molecule has 6 heteroatoms. The van der Waals surface area contributed by atoms with Crippen LogP contribution in [0.25, 0.3) is 0 Å². The number of amides is 2. The molecule has 2 atom stereocenters. The summed E-state index contributed by atoms with van der Waals surface area (Å²) in [4.78, 5) is 14.5. The molecule has 3 rings (SSSR count). The molecule has 0 unspecified atom stereocenters. The maximum Gasteiger partial charge on any atom is 0.319 e. The van der Waals surface area contributed by atoms with Crippen molar-refractivity contribution in [3.63, 3.8) is 0 Å². The molecule has 150 valence electrons. The molecule has 2 fully saturated rings. The van der Waals surface area contributed by atoms with E-state index in [1.807, 2.05) is 13.0 Å². The molecule has 0 aromatic heterocycles. The fraction of sp³-hybridized carbons (Fsp3) is 0.667. The molecule has 1 heterocycles. The lowest BCUT2D eigenvalue weighted by atomic mass is 9.88. The van der Waals surface area contributed by atoms with Crippen LogP contribution in [0.15, 0.2) is 18.2 Å². The van der Waals surface area contributed by atoms with Gasteiger partial charge in [-0.1, -0.05) is 19.8 Å². The first-order valence-electron chi connectivity index (χ1n) is 10.2. The van der Waals surface area contributed by atoms with Crippen molar-refractivity contribution >= 4 is 17.4 Å². The first kappa shape index (κ1) is 20.0. The summed E-state index contributed by atoms with van der Waals surface area (Å²) in [5.74, 6) is 0.625. The molecular formula is C21H33N3O3. The van der Waals surface area contributed by atoms with Crippen molar-refractivity contribution in [1.82, 2.24) is 5.32 Å². The Labute approximate surface area is 162 Å². The number of nitrogens with zero attached hydrogens (tertiary/aromatic N) is 1. The van der Waals surface area contributed by atoms with E-state index in [4.69, 9.17) is 9.47 Å². The fourth-order valence-corrected chi connectivity index (χ4v) is 3.88. The SMILES string of the molecule is Cc1cc(N2CCOCC2)ccc1NC(=O)NCCO[C@@H]1CCCC[C@H]1C. The average Bonchev–Trinajstić information content (AvgIpc) is 2.69. The van der Waals surface area contributed by atoms with E-state index in [2.05, 4.69) is 34.6 Å². The smallest absolute Gasteiger partial charge is 0.319 e. The molecule has 1 aromatic rings. The van der Waals surface area contributed by atoms with Gasteiger partial charge in [-0.25, -0.2) is 4.79 Å². The van der Waals surface area contributed by atoms with Crippen LogP contribution in [0.2, 0.25) is 0 Å². The number of carbonyl (C=O) groups excluding carboxylic acids is 1. The minimum Gasteiger partial charge on any atom is -0.378 e. The van der Waals surface area contributed by atoms with Gasteiger partial charge >= 0.3 is 6.03 Å². The van der Waals surface area contributed by atoms with Crippen molar-refractivity contribution in [2.24, 2.45) is 5.92 Å². The third-order valence-corrected chi connectivity index (χ3v) is 5.59. The summed E-state index contributed by atoms with van der Waals surface area (Å²) >= 11 is 0. The first-order chi connectivity index (χ1) is 13.1. The second kappa shape index (κ2) is 9.95. The van der Waals surface area contributed by atoms with Crippen LogP contribution >= 0.6 is 0 Å². The van der Waals surface area contributed by atoms with E-state index in [0.717, 1.165) is 44.0 Å². The zero-order chi connectivity index (χ0) is 19.1. The Bertz CT molecular complexity index is 617. The number of aryl methyl sites for hydroxylation is 1. The van der Waals surface area contributed by atoms with Gasteiger partial charge in [0.15, 0.2) is 0 Å². The van der Waals surface area contributed by atoms with Crippen molar-refractivity contribution in [3.8, 4) is 0 Å². The number of ether oxygens (including phenoxy) is 2. The molecule has 1 saturated carbocycles. The summed E-state index contributed by atoms with van der Waals surface area (Å²) in [5, 5.41) is 5.83. The summed E-state index contributed by atoms with van der Waals surface area (Å²) < 4.78 is 11.3. The number of morpholine rings is 1. The van der Waals surface area contributed by atoms with E-state index in [-0.39, 0.29) is 6.03 Å². The number of carbonyl (C=O) groups is 1. The highest BCUT2D eigenvalue weighted by Crippen LogP contribution is 2.26. The second-order valence-corrected chi connectivity index (χ2v) is 7.65. The Kier molecular flexibility index (Phi) is 7.35. The number of hydrogen-bond acceptors (Lipinski definition) is 4. The Balaban J connectivity index is 1.40. The summed E-state index contributed by atoms with van der Waals surface area (Å²) in [5.41, 5.74) is 3.07. The summed E-state index contributed by atoms with van der Waals surface area (Å²) in [6, 6.07) is 5.97. The van der Waals surface area contributed by atoms with Gasteiger partial charge in [-0.2, -0.15) is 0 Å². The van der Waals surface area contributed by atoms with Gasteiger partial charge in [0, 0.05) is 31.0 Å². The largest absolute Gasteiger partial charge is 0.378 e. The van der Waals surface area contributed by atoms with Crippen LogP contribution in [-0.2, 0) is 9.47 Å². The Morgan fingerprint density at radius 2 is 2.04 bits per heavy atom. The van der Waals surface area contributed by atoms with E-state index in [9.17, 15) is 4.79 Å². The molecule has 0 radical (unpaired) electrons. The monoisotopic (exact) mass is 375 g/mol. The van der Waals surface area contributed by atoms with Crippen molar-refractivity contribution in [1.29, 1.82) is 0 Å². The molecule has 1 aromatic carbocycles. The van der Waals surface area contributed by atoms with Gasteiger partial charge in [0.25, 0.3) is 0 Å². The lowest BCUT2D eigenvalue weighted by molar-refractivity contribution is -0.00232. The maximum absolute atomic E-state index is 12.2. The Morgan fingerprint density at radius 1 is 1.26 bits per heavy atom. The fourth-order valence-electron chi connectivity index (χ4n) is 3.88. The zero-order valence-electron chi connectivity index (χ0n) is 16.6. The number of anilines is 2. The van der Waals surface area contributed by atoms with Gasteiger partial charge in [0.1, 0.15) is 0 Å². The van der Waals surface area contributed by atoms with Crippen molar-refractivity contribution in [2.75, 3.05) is 49.7 Å². The minimum absolute atomic E-state index is 0.183. The van der Waals surface area contributed by atoms with E-state index >= 15 is 0 Å². The van der Waals surface area contributed by atoms with Gasteiger partial charge in [0.2, 0.25) is 0 Å². The predicted molar refractivity (Wildman–Crippen MR) is 109 cm³/mol. The molecule has 0 spiro atoms. The number of urea groups is 1. The van der Waals surface area contributed by atoms with Crippen molar-refractivity contribution < 1.29 is 14.3 Å². The van der Waals surface area contributed by atoms with Crippen LogP contribution in [0.4, 0.5) is 16.2 Å². The van der Waals surface area contributed by atoms with E-state index in [1.54, 1.807) is 0 Å². The molecular weight excluding hydrogens is 342 g/mol. The first-order valence-corrected chi connectivity index (χ1v) is 10.2. The normalized spacial score (nSPS) is 23.1. The number of benzene rings is 1.